The Morgan fingerprint density at radius 2 is 0.964 bits per heavy atom. The third-order valence-corrected chi connectivity index (χ3v) is 5.00. The lowest BCUT2D eigenvalue weighted by molar-refractivity contribution is -0.207. The van der Waals surface area contributed by atoms with Crippen LogP contribution in [0.5, 0.6) is 0 Å². The molecular formula is C19H40O9. The van der Waals surface area contributed by atoms with Gasteiger partial charge in [-0.05, 0) is 0 Å². The number of methoxy groups -OCH3 is 8. The van der Waals surface area contributed by atoms with Crippen molar-refractivity contribution >= 4 is 0 Å². The molecule has 0 heterocycles. The first-order valence-corrected chi connectivity index (χ1v) is 9.24. The first-order valence-electron chi connectivity index (χ1n) is 9.24. The molecule has 0 spiro atoms. The van der Waals surface area contributed by atoms with Gasteiger partial charge in [0.25, 0.3) is 0 Å². The molecule has 28 heavy (non-hydrogen) atoms. The Kier molecular flexibility index (Phi) is 15.3. The average molecular weight is 413 g/mol. The zero-order valence-corrected chi connectivity index (χ0v) is 18.7. The van der Waals surface area contributed by atoms with E-state index >= 15 is 0 Å². The highest BCUT2D eigenvalue weighted by Crippen LogP contribution is 2.25. The molecule has 8 atom stereocenters. The zero-order valence-electron chi connectivity index (χ0n) is 18.7. The molecule has 0 aromatic carbocycles. The van der Waals surface area contributed by atoms with E-state index in [1.165, 1.54) is 28.4 Å². The van der Waals surface area contributed by atoms with Crippen molar-refractivity contribution in [1.82, 2.24) is 0 Å². The van der Waals surface area contributed by atoms with Crippen molar-refractivity contribution in [2.24, 2.45) is 5.92 Å². The fourth-order valence-corrected chi connectivity index (χ4v) is 3.59. The molecule has 0 aromatic rings. The second kappa shape index (κ2) is 15.5. The van der Waals surface area contributed by atoms with E-state index in [4.69, 9.17) is 37.9 Å². The van der Waals surface area contributed by atoms with Crippen LogP contribution in [0, 0.1) is 5.92 Å². The molecule has 0 bridgehead atoms. The second-order valence-corrected chi connectivity index (χ2v) is 6.65. The number of aliphatic hydroxyl groups is 1. The average Bonchev–Trinajstić information content (AvgIpc) is 2.70. The summed E-state index contributed by atoms with van der Waals surface area (Å²) in [4.78, 5) is 0. The molecule has 0 aliphatic rings. The molecule has 0 aliphatic heterocycles. The lowest BCUT2D eigenvalue weighted by atomic mass is 9.89. The first-order chi connectivity index (χ1) is 13.4. The highest BCUT2D eigenvalue weighted by Gasteiger charge is 2.45. The van der Waals surface area contributed by atoms with Crippen molar-refractivity contribution in [2.45, 2.75) is 49.7 Å². The summed E-state index contributed by atoms with van der Waals surface area (Å²) < 4.78 is 44.0. The van der Waals surface area contributed by atoms with E-state index in [1.807, 2.05) is 6.92 Å². The lowest BCUT2D eigenvalue weighted by Crippen LogP contribution is -2.58. The van der Waals surface area contributed by atoms with Crippen LogP contribution in [0.4, 0.5) is 0 Å². The summed E-state index contributed by atoms with van der Waals surface area (Å²) in [5.41, 5.74) is 0. The van der Waals surface area contributed by atoms with E-state index in [1.54, 1.807) is 28.4 Å². The normalized spacial score (nSPS) is 20.8. The molecule has 0 radical (unpaired) electrons. The highest BCUT2D eigenvalue weighted by atomic mass is 16.6. The van der Waals surface area contributed by atoms with Gasteiger partial charge >= 0.3 is 0 Å². The Bertz CT molecular complexity index is 371. The standard InChI is InChI=1S/C19H40O9/c1-12(10-21-2)15(24-5)18(27-8)19(28-9)17(26-7)14(20)16(25-6)13(23-4)11-22-3/h12-20H,10-11H2,1-9H3. The number of aliphatic hydroxyl groups excluding tert-OH is 1. The summed E-state index contributed by atoms with van der Waals surface area (Å²) in [6.07, 6.45) is -4.57. The molecule has 0 aromatic heterocycles. The van der Waals surface area contributed by atoms with E-state index in [-0.39, 0.29) is 18.6 Å². The van der Waals surface area contributed by atoms with E-state index in [0.29, 0.717) is 6.61 Å². The molecule has 0 fully saturated rings. The third-order valence-electron chi connectivity index (χ3n) is 5.00. The van der Waals surface area contributed by atoms with Crippen LogP contribution in [-0.4, -0.2) is 118 Å². The fourth-order valence-electron chi connectivity index (χ4n) is 3.59. The molecule has 0 aliphatic carbocycles. The van der Waals surface area contributed by atoms with Crippen LogP contribution < -0.4 is 0 Å². The maximum Gasteiger partial charge on any atom is 0.115 e. The molecular weight excluding hydrogens is 372 g/mol. The number of ether oxygens (including phenoxy) is 8. The summed E-state index contributed by atoms with van der Waals surface area (Å²) in [5, 5.41) is 11.1. The molecule has 1 N–H and O–H groups in total. The smallest absolute Gasteiger partial charge is 0.115 e. The fraction of sp³-hybridized carbons (Fsp3) is 1.00. The lowest BCUT2D eigenvalue weighted by Gasteiger charge is -2.40. The Hall–Kier alpha value is -0.360. The van der Waals surface area contributed by atoms with Crippen LogP contribution in [0.25, 0.3) is 0 Å². The molecule has 9 nitrogen and oxygen atoms in total. The van der Waals surface area contributed by atoms with Crippen molar-refractivity contribution in [1.29, 1.82) is 0 Å². The largest absolute Gasteiger partial charge is 0.387 e. The minimum absolute atomic E-state index is 0.0192. The maximum absolute atomic E-state index is 11.1. The summed E-state index contributed by atoms with van der Waals surface area (Å²) in [5.74, 6) is 0.0192. The highest BCUT2D eigenvalue weighted by molar-refractivity contribution is 4.94. The minimum atomic E-state index is -1.08. The zero-order chi connectivity index (χ0) is 21.7. The molecule has 9 heteroatoms. The van der Waals surface area contributed by atoms with Crippen LogP contribution in [0.1, 0.15) is 6.92 Å². The van der Waals surface area contributed by atoms with Gasteiger partial charge in [0.1, 0.15) is 36.6 Å². The van der Waals surface area contributed by atoms with E-state index in [0.717, 1.165) is 0 Å². The Labute approximate surface area is 169 Å². The van der Waals surface area contributed by atoms with Gasteiger partial charge in [-0.15, -0.1) is 0 Å². The monoisotopic (exact) mass is 412 g/mol. The van der Waals surface area contributed by atoms with Crippen LogP contribution in [0.3, 0.4) is 0 Å². The van der Waals surface area contributed by atoms with Crippen molar-refractivity contribution in [2.75, 3.05) is 70.1 Å². The van der Waals surface area contributed by atoms with Crippen molar-refractivity contribution < 1.29 is 43.0 Å². The predicted octanol–water partition coefficient (Wildman–Crippen LogP) is 0.366. The first kappa shape index (κ1) is 27.6. The van der Waals surface area contributed by atoms with Crippen LogP contribution in [0.15, 0.2) is 0 Å². The SMILES string of the molecule is COCC(C)C(OC)C(OC)C(OC)C(OC)C(O)C(OC)C(COC)OC. The molecule has 0 rings (SSSR count). The topological polar surface area (TPSA) is 94.1 Å². The van der Waals surface area contributed by atoms with E-state index in [2.05, 4.69) is 0 Å². The Morgan fingerprint density at radius 1 is 0.536 bits per heavy atom. The maximum atomic E-state index is 11.1. The van der Waals surface area contributed by atoms with Crippen molar-refractivity contribution in [3.63, 3.8) is 0 Å². The molecule has 0 saturated heterocycles. The predicted molar refractivity (Wildman–Crippen MR) is 104 cm³/mol. The van der Waals surface area contributed by atoms with Gasteiger partial charge in [0, 0.05) is 62.8 Å². The van der Waals surface area contributed by atoms with Gasteiger partial charge in [0.2, 0.25) is 0 Å². The molecule has 170 valence electrons. The summed E-state index contributed by atoms with van der Waals surface area (Å²) in [7, 11) is 12.4. The second-order valence-electron chi connectivity index (χ2n) is 6.65. The van der Waals surface area contributed by atoms with Gasteiger partial charge in [0.05, 0.1) is 19.3 Å². The van der Waals surface area contributed by atoms with Gasteiger partial charge in [-0.1, -0.05) is 6.92 Å². The van der Waals surface area contributed by atoms with E-state index < -0.39 is 36.6 Å². The third kappa shape index (κ3) is 7.47. The number of rotatable bonds is 17. The molecule has 0 amide bonds. The van der Waals surface area contributed by atoms with Gasteiger partial charge in [0.15, 0.2) is 0 Å². The molecule has 8 unspecified atom stereocenters. The molecule has 0 saturated carbocycles. The summed E-state index contributed by atoms with van der Waals surface area (Å²) in [6, 6.07) is 0. The Balaban J connectivity index is 5.70. The van der Waals surface area contributed by atoms with Crippen molar-refractivity contribution in [3.8, 4) is 0 Å². The summed E-state index contributed by atoms with van der Waals surface area (Å²) in [6.45, 7) is 2.72. The van der Waals surface area contributed by atoms with Gasteiger partial charge in [-0.3, -0.25) is 0 Å². The summed E-state index contributed by atoms with van der Waals surface area (Å²) >= 11 is 0. The quantitative estimate of drug-likeness (QED) is 0.363. The number of hydrogen-bond acceptors (Lipinski definition) is 9. The van der Waals surface area contributed by atoms with Crippen LogP contribution >= 0.6 is 0 Å². The number of hydrogen-bond donors (Lipinski definition) is 1. The van der Waals surface area contributed by atoms with Gasteiger partial charge < -0.3 is 43.0 Å². The van der Waals surface area contributed by atoms with Crippen LogP contribution in [-0.2, 0) is 37.9 Å². The Morgan fingerprint density at radius 3 is 1.32 bits per heavy atom. The van der Waals surface area contributed by atoms with Crippen LogP contribution in [0.2, 0.25) is 0 Å². The van der Waals surface area contributed by atoms with Gasteiger partial charge in [-0.25, -0.2) is 0 Å². The minimum Gasteiger partial charge on any atom is -0.387 e. The van der Waals surface area contributed by atoms with Crippen molar-refractivity contribution in [3.05, 3.63) is 0 Å². The van der Waals surface area contributed by atoms with Gasteiger partial charge in [-0.2, -0.15) is 0 Å². The van der Waals surface area contributed by atoms with E-state index in [9.17, 15) is 5.11 Å².